The number of hydrogen-bond donors (Lipinski definition) is 1. The number of amides is 1. The molecule has 122 valence electrons. The van der Waals surface area contributed by atoms with Crippen molar-refractivity contribution in [1.82, 2.24) is 0 Å². The van der Waals surface area contributed by atoms with Crippen LogP contribution < -0.4 is 14.8 Å². The summed E-state index contributed by atoms with van der Waals surface area (Å²) in [6, 6.07) is 9.71. The van der Waals surface area contributed by atoms with Crippen molar-refractivity contribution >= 4 is 23.3 Å². The molecule has 0 radical (unpaired) electrons. The number of benzene rings is 2. The highest BCUT2D eigenvalue weighted by atomic mass is 16.5. The van der Waals surface area contributed by atoms with Gasteiger partial charge in [0, 0.05) is 5.56 Å². The van der Waals surface area contributed by atoms with Crippen LogP contribution in [0, 0.1) is 6.92 Å². The summed E-state index contributed by atoms with van der Waals surface area (Å²) in [5.74, 6) is -0.273. The second kappa shape index (κ2) is 6.16. The number of carbonyl (C=O) groups is 3. The van der Waals surface area contributed by atoms with Crippen molar-refractivity contribution in [2.45, 2.75) is 13.8 Å². The lowest BCUT2D eigenvalue weighted by atomic mass is 10.1. The van der Waals surface area contributed by atoms with Gasteiger partial charge >= 0.3 is 5.97 Å². The Hall–Kier alpha value is -3.15. The normalized spacial score (nSPS) is 12.7. The average molecular weight is 325 g/mol. The molecule has 2 aromatic carbocycles. The summed E-state index contributed by atoms with van der Waals surface area (Å²) < 4.78 is 10.8. The second-order valence-corrected chi connectivity index (χ2v) is 5.45. The number of carbonyl (C=O) groups excluding carboxylic acids is 3. The van der Waals surface area contributed by atoms with Gasteiger partial charge in [-0.3, -0.25) is 9.59 Å². The maximum atomic E-state index is 12.5. The summed E-state index contributed by atoms with van der Waals surface area (Å²) in [7, 11) is 0. The third-order valence-electron chi connectivity index (χ3n) is 3.64. The zero-order chi connectivity index (χ0) is 17.3. The minimum Gasteiger partial charge on any atom is -0.481 e. The molecule has 0 bridgehead atoms. The van der Waals surface area contributed by atoms with E-state index >= 15 is 0 Å². The number of fused-ring (bicyclic) bond motifs is 1. The van der Waals surface area contributed by atoms with Gasteiger partial charge in [0.2, 0.25) is 0 Å². The van der Waals surface area contributed by atoms with E-state index in [2.05, 4.69) is 5.32 Å². The first-order chi connectivity index (χ1) is 11.5. The zero-order valence-electron chi connectivity index (χ0n) is 13.2. The Morgan fingerprint density at radius 1 is 1.21 bits per heavy atom. The number of rotatable bonds is 3. The van der Waals surface area contributed by atoms with Crippen molar-refractivity contribution in [3.05, 3.63) is 53.1 Å². The maximum Gasteiger partial charge on any atom is 0.347 e. The molecule has 1 aliphatic heterocycles. The van der Waals surface area contributed by atoms with Crippen LogP contribution in [0.1, 0.15) is 33.2 Å². The van der Waals surface area contributed by atoms with Crippen LogP contribution in [0.4, 0.5) is 5.69 Å². The molecular formula is C18H15NO5. The molecule has 0 fully saturated rings. The van der Waals surface area contributed by atoms with E-state index in [1.165, 1.54) is 6.92 Å². The number of nitrogens with one attached hydrogen (secondary N) is 1. The van der Waals surface area contributed by atoms with Gasteiger partial charge in [0.25, 0.3) is 5.91 Å². The van der Waals surface area contributed by atoms with Gasteiger partial charge in [0.05, 0.1) is 5.69 Å². The van der Waals surface area contributed by atoms with E-state index in [-0.39, 0.29) is 23.9 Å². The Morgan fingerprint density at radius 3 is 2.71 bits per heavy atom. The predicted octanol–water partition coefficient (Wildman–Crippen LogP) is 2.75. The number of ether oxygens (including phenoxy) is 2. The summed E-state index contributed by atoms with van der Waals surface area (Å²) in [4.78, 5) is 35.2. The van der Waals surface area contributed by atoms with E-state index in [0.29, 0.717) is 28.3 Å². The number of Topliss-reactive ketones (excluding diaryl/α,β-unsaturated/α-hetero) is 1. The lowest BCUT2D eigenvalue weighted by Crippen LogP contribution is -2.27. The van der Waals surface area contributed by atoms with Crippen LogP contribution in [-0.2, 0) is 4.79 Å². The Kier molecular flexibility index (Phi) is 4.04. The molecule has 1 amide bonds. The molecule has 6 nitrogen and oxygen atoms in total. The van der Waals surface area contributed by atoms with Crippen molar-refractivity contribution < 1.29 is 23.9 Å². The Morgan fingerprint density at radius 2 is 2.00 bits per heavy atom. The van der Waals surface area contributed by atoms with Crippen LogP contribution >= 0.6 is 0 Å². The van der Waals surface area contributed by atoms with Crippen LogP contribution in [0.2, 0.25) is 0 Å². The van der Waals surface area contributed by atoms with E-state index in [1.807, 2.05) is 0 Å². The van der Waals surface area contributed by atoms with Gasteiger partial charge in [-0.1, -0.05) is 6.07 Å². The molecule has 0 atom stereocenters. The molecule has 0 unspecified atom stereocenters. The summed E-state index contributed by atoms with van der Waals surface area (Å²) in [5, 5.41) is 2.64. The SMILES string of the molecule is CC(=O)c1ccc(OC(=O)c2cccc3c2OCC(=O)N3)c(C)c1. The summed E-state index contributed by atoms with van der Waals surface area (Å²) in [6.45, 7) is 3.08. The number of anilines is 1. The average Bonchev–Trinajstić information content (AvgIpc) is 2.55. The number of para-hydroxylation sites is 1. The lowest BCUT2D eigenvalue weighted by Gasteiger charge is -2.20. The highest BCUT2D eigenvalue weighted by Crippen LogP contribution is 2.32. The van der Waals surface area contributed by atoms with Crippen LogP contribution in [0.15, 0.2) is 36.4 Å². The highest BCUT2D eigenvalue weighted by molar-refractivity contribution is 6.02. The topological polar surface area (TPSA) is 81.7 Å². The van der Waals surface area contributed by atoms with Gasteiger partial charge in [-0.25, -0.2) is 4.79 Å². The summed E-state index contributed by atoms with van der Waals surface area (Å²) in [5.41, 5.74) is 1.89. The highest BCUT2D eigenvalue weighted by Gasteiger charge is 2.24. The van der Waals surface area contributed by atoms with E-state index in [9.17, 15) is 14.4 Å². The van der Waals surface area contributed by atoms with Crippen molar-refractivity contribution in [2.75, 3.05) is 11.9 Å². The molecular weight excluding hydrogens is 310 g/mol. The second-order valence-electron chi connectivity index (χ2n) is 5.45. The molecule has 0 saturated heterocycles. The lowest BCUT2D eigenvalue weighted by molar-refractivity contribution is -0.118. The van der Waals surface area contributed by atoms with Crippen molar-refractivity contribution in [2.24, 2.45) is 0 Å². The number of ketones is 1. The molecule has 1 aliphatic rings. The summed E-state index contributed by atoms with van der Waals surface area (Å²) >= 11 is 0. The number of esters is 1. The van der Waals surface area contributed by atoms with Gasteiger partial charge in [0.15, 0.2) is 18.1 Å². The fourth-order valence-corrected chi connectivity index (χ4v) is 2.41. The molecule has 6 heteroatoms. The number of aryl methyl sites for hydroxylation is 1. The molecule has 24 heavy (non-hydrogen) atoms. The van der Waals surface area contributed by atoms with Crippen LogP contribution in [0.3, 0.4) is 0 Å². The predicted molar refractivity (Wildman–Crippen MR) is 86.7 cm³/mol. The first-order valence-electron chi connectivity index (χ1n) is 7.35. The standard InChI is InChI=1S/C18H15NO5/c1-10-8-12(11(2)20)6-7-15(10)24-18(22)13-4-3-5-14-17(13)23-9-16(21)19-14/h3-8H,9H2,1-2H3,(H,19,21). The van der Waals surface area contributed by atoms with Crippen LogP contribution in [-0.4, -0.2) is 24.3 Å². The molecule has 2 aromatic rings. The molecule has 1 N–H and O–H groups in total. The van der Waals surface area contributed by atoms with Crippen molar-refractivity contribution in [1.29, 1.82) is 0 Å². The quantitative estimate of drug-likeness (QED) is 0.533. The Balaban J connectivity index is 1.87. The third-order valence-corrected chi connectivity index (χ3v) is 3.64. The molecule has 0 saturated carbocycles. The van der Waals surface area contributed by atoms with Gasteiger partial charge in [-0.2, -0.15) is 0 Å². The summed E-state index contributed by atoms with van der Waals surface area (Å²) in [6.07, 6.45) is 0. The Bertz CT molecular complexity index is 856. The van der Waals surface area contributed by atoms with Crippen LogP contribution in [0.25, 0.3) is 0 Å². The van der Waals surface area contributed by atoms with Crippen LogP contribution in [0.5, 0.6) is 11.5 Å². The first-order valence-corrected chi connectivity index (χ1v) is 7.35. The largest absolute Gasteiger partial charge is 0.481 e. The molecule has 3 rings (SSSR count). The van der Waals surface area contributed by atoms with Crippen molar-refractivity contribution in [3.63, 3.8) is 0 Å². The minimum atomic E-state index is -0.596. The van der Waals surface area contributed by atoms with E-state index < -0.39 is 5.97 Å². The number of hydrogen-bond acceptors (Lipinski definition) is 5. The zero-order valence-corrected chi connectivity index (χ0v) is 13.2. The molecule has 0 aromatic heterocycles. The molecule has 1 heterocycles. The van der Waals surface area contributed by atoms with E-state index in [0.717, 1.165) is 0 Å². The van der Waals surface area contributed by atoms with Gasteiger partial charge in [0.1, 0.15) is 11.3 Å². The third kappa shape index (κ3) is 2.99. The molecule has 0 spiro atoms. The van der Waals surface area contributed by atoms with Gasteiger partial charge < -0.3 is 14.8 Å². The fraction of sp³-hybridized carbons (Fsp3) is 0.167. The first kappa shape index (κ1) is 15.7. The minimum absolute atomic E-state index is 0.0581. The monoisotopic (exact) mass is 325 g/mol. The Labute approximate surface area is 138 Å². The van der Waals surface area contributed by atoms with Gasteiger partial charge in [-0.15, -0.1) is 0 Å². The van der Waals surface area contributed by atoms with E-state index in [1.54, 1.807) is 43.3 Å². The molecule has 0 aliphatic carbocycles. The smallest absolute Gasteiger partial charge is 0.347 e. The van der Waals surface area contributed by atoms with Crippen molar-refractivity contribution in [3.8, 4) is 11.5 Å². The fourth-order valence-electron chi connectivity index (χ4n) is 2.41. The maximum absolute atomic E-state index is 12.5. The van der Waals surface area contributed by atoms with Gasteiger partial charge in [-0.05, 0) is 49.7 Å². The van der Waals surface area contributed by atoms with E-state index in [4.69, 9.17) is 9.47 Å².